The van der Waals surface area contributed by atoms with Crippen LogP contribution >= 0.6 is 11.6 Å². The van der Waals surface area contributed by atoms with Crippen molar-refractivity contribution in [3.05, 3.63) is 53.6 Å². The van der Waals surface area contributed by atoms with Gasteiger partial charge in [-0.3, -0.25) is 14.3 Å². The van der Waals surface area contributed by atoms with E-state index in [9.17, 15) is 22.8 Å². The van der Waals surface area contributed by atoms with Crippen LogP contribution in [0.1, 0.15) is 32.6 Å². The van der Waals surface area contributed by atoms with Crippen molar-refractivity contribution < 1.29 is 22.8 Å². The summed E-state index contributed by atoms with van der Waals surface area (Å²) in [5.74, 6) is -0.995. The maximum atomic E-state index is 12.9. The van der Waals surface area contributed by atoms with Crippen LogP contribution in [0.4, 0.5) is 16.2 Å². The largest absolute Gasteiger partial charge is 0.325 e. The second kappa shape index (κ2) is 8.68. The topological polar surface area (TPSA) is 125 Å². The number of nitrogens with one attached hydrogen (secondary N) is 3. The lowest BCUT2D eigenvalue weighted by Crippen LogP contribution is -2.48. The van der Waals surface area contributed by atoms with E-state index in [1.165, 1.54) is 43.3 Å². The molecule has 1 aliphatic heterocycles. The Morgan fingerprint density at radius 1 is 1.09 bits per heavy atom. The van der Waals surface area contributed by atoms with E-state index in [4.69, 9.17) is 11.6 Å². The van der Waals surface area contributed by atoms with Gasteiger partial charge in [0.05, 0.1) is 4.90 Å². The molecule has 0 radical (unpaired) electrons. The fourth-order valence-corrected chi connectivity index (χ4v) is 5.38. The molecule has 2 aromatic rings. The van der Waals surface area contributed by atoms with Crippen molar-refractivity contribution in [1.29, 1.82) is 0 Å². The third-order valence-corrected chi connectivity index (χ3v) is 7.56. The summed E-state index contributed by atoms with van der Waals surface area (Å²) in [4.78, 5) is 39.0. The lowest BCUT2D eigenvalue weighted by molar-refractivity contribution is -0.136. The van der Waals surface area contributed by atoms with E-state index in [2.05, 4.69) is 15.4 Å². The minimum absolute atomic E-state index is 0.0668. The van der Waals surface area contributed by atoms with Crippen LogP contribution in [0, 0.1) is 0 Å². The molecular formula is C22H23ClN4O5S. The number of sulfonamides is 1. The van der Waals surface area contributed by atoms with E-state index in [-0.39, 0.29) is 10.6 Å². The summed E-state index contributed by atoms with van der Waals surface area (Å²) in [6.45, 7) is 1.46. The zero-order valence-electron chi connectivity index (χ0n) is 17.8. The van der Waals surface area contributed by atoms with Gasteiger partial charge in [0.15, 0.2) is 0 Å². The lowest BCUT2D eigenvalue weighted by atomic mass is 9.97. The highest BCUT2D eigenvalue weighted by atomic mass is 35.5. The third-order valence-electron chi connectivity index (χ3n) is 5.93. The van der Waals surface area contributed by atoms with Crippen molar-refractivity contribution in [2.24, 2.45) is 0 Å². The molecule has 2 aromatic carbocycles. The minimum Gasteiger partial charge on any atom is -0.324 e. The highest BCUT2D eigenvalue weighted by Crippen LogP contribution is 2.36. The molecule has 1 atom stereocenters. The summed E-state index contributed by atoms with van der Waals surface area (Å²) in [6, 6.07) is 10.2. The van der Waals surface area contributed by atoms with Gasteiger partial charge in [-0.2, -0.15) is 0 Å². The van der Waals surface area contributed by atoms with Crippen LogP contribution in [0.3, 0.4) is 0 Å². The predicted octanol–water partition coefficient (Wildman–Crippen LogP) is 3.33. The van der Waals surface area contributed by atoms with Gasteiger partial charge in [-0.05, 0) is 62.2 Å². The number of hydrogen-bond donors (Lipinski definition) is 3. The van der Waals surface area contributed by atoms with E-state index in [0.29, 0.717) is 23.6 Å². The Bertz CT molecular complexity index is 1210. The summed E-state index contributed by atoms with van der Waals surface area (Å²) in [5.41, 5.74) is -0.359. The zero-order valence-corrected chi connectivity index (χ0v) is 19.4. The molecule has 3 N–H and O–H groups in total. The monoisotopic (exact) mass is 490 g/mol. The second-order valence-corrected chi connectivity index (χ2v) is 10.3. The Hall–Kier alpha value is -3.11. The molecule has 4 rings (SSSR count). The first-order valence-electron chi connectivity index (χ1n) is 10.5. The molecule has 4 amide bonds. The molecule has 1 aliphatic carbocycles. The Kier molecular flexibility index (Phi) is 6.06. The molecule has 174 valence electrons. The van der Waals surface area contributed by atoms with Crippen LogP contribution in [0.5, 0.6) is 0 Å². The Balaban J connectivity index is 1.47. The van der Waals surface area contributed by atoms with Gasteiger partial charge < -0.3 is 10.6 Å². The van der Waals surface area contributed by atoms with Crippen molar-refractivity contribution >= 4 is 50.8 Å². The normalized spacial score (nSPS) is 18.3. The number of benzene rings is 2. The average molecular weight is 491 g/mol. The van der Waals surface area contributed by atoms with Crippen molar-refractivity contribution in [3.63, 3.8) is 0 Å². The zero-order chi connectivity index (χ0) is 23.8. The molecule has 1 saturated carbocycles. The molecule has 1 heterocycles. The van der Waals surface area contributed by atoms with Gasteiger partial charge in [0.1, 0.15) is 11.6 Å². The van der Waals surface area contributed by atoms with Crippen LogP contribution in [0.15, 0.2) is 53.4 Å². The van der Waals surface area contributed by atoms with Gasteiger partial charge in [0, 0.05) is 16.4 Å². The maximum absolute atomic E-state index is 12.9. The molecule has 1 unspecified atom stereocenters. The summed E-state index contributed by atoms with van der Waals surface area (Å²) in [5, 5.41) is 5.82. The summed E-state index contributed by atoms with van der Waals surface area (Å²) in [7, 11) is -3.93. The molecule has 33 heavy (non-hydrogen) atoms. The van der Waals surface area contributed by atoms with Crippen LogP contribution in [0.25, 0.3) is 0 Å². The van der Waals surface area contributed by atoms with Crippen LogP contribution in [-0.4, -0.2) is 42.7 Å². The van der Waals surface area contributed by atoms with Crippen molar-refractivity contribution in [2.45, 2.75) is 49.1 Å². The number of anilines is 2. The van der Waals surface area contributed by atoms with Gasteiger partial charge in [-0.25, -0.2) is 18.1 Å². The number of hydrogen-bond acceptors (Lipinski definition) is 5. The van der Waals surface area contributed by atoms with E-state index in [1.54, 1.807) is 12.1 Å². The Morgan fingerprint density at radius 2 is 1.76 bits per heavy atom. The number of carbonyl (C=O) groups excluding carboxylic acids is 3. The molecule has 11 heteroatoms. The molecule has 9 nitrogen and oxygen atoms in total. The second-order valence-electron chi connectivity index (χ2n) is 8.20. The Labute approximate surface area is 196 Å². The van der Waals surface area contributed by atoms with Crippen molar-refractivity contribution in [3.8, 4) is 0 Å². The van der Waals surface area contributed by atoms with Gasteiger partial charge in [0.2, 0.25) is 5.91 Å². The molecular weight excluding hydrogens is 468 g/mol. The summed E-state index contributed by atoms with van der Waals surface area (Å²) < 4.78 is 27.9. The Morgan fingerprint density at radius 3 is 2.42 bits per heavy atom. The van der Waals surface area contributed by atoms with Crippen LogP contribution < -0.4 is 15.4 Å². The van der Waals surface area contributed by atoms with Gasteiger partial charge in [-0.1, -0.05) is 30.5 Å². The SMILES string of the molecule is CC(C(=O)Nc1cccc(S(=O)(=O)Nc2ccc(Cl)cc2)c1)N1C(=O)NC2(CCCC2)C1=O. The van der Waals surface area contributed by atoms with Gasteiger partial charge in [0.25, 0.3) is 15.9 Å². The van der Waals surface area contributed by atoms with Crippen molar-refractivity contribution in [1.82, 2.24) is 10.2 Å². The molecule has 1 saturated heterocycles. The first-order chi connectivity index (χ1) is 15.6. The predicted molar refractivity (Wildman–Crippen MR) is 123 cm³/mol. The van der Waals surface area contributed by atoms with Gasteiger partial charge in [-0.15, -0.1) is 0 Å². The minimum atomic E-state index is -3.93. The third kappa shape index (κ3) is 4.53. The number of rotatable bonds is 6. The lowest BCUT2D eigenvalue weighted by Gasteiger charge is -2.23. The fraction of sp³-hybridized carbons (Fsp3) is 0.318. The number of carbonyl (C=O) groups is 3. The summed E-state index contributed by atoms with van der Waals surface area (Å²) in [6.07, 6.45) is 2.80. The number of amides is 4. The van der Waals surface area contributed by atoms with E-state index < -0.39 is 39.4 Å². The van der Waals surface area contributed by atoms with E-state index in [0.717, 1.165) is 17.7 Å². The van der Waals surface area contributed by atoms with Crippen molar-refractivity contribution in [2.75, 3.05) is 10.0 Å². The number of halogens is 1. The van der Waals surface area contributed by atoms with E-state index >= 15 is 0 Å². The van der Waals surface area contributed by atoms with Gasteiger partial charge >= 0.3 is 6.03 Å². The quantitative estimate of drug-likeness (QED) is 0.535. The standard InChI is InChI=1S/C22H23ClN4O5S/c1-14(27-20(29)22(25-21(27)30)11-2-3-12-22)19(28)24-17-5-4-6-18(13-17)33(31,32)26-16-9-7-15(23)8-10-16/h4-10,13-14,26H,2-3,11-12H2,1H3,(H,24,28)(H,25,30). The first-order valence-corrected chi connectivity index (χ1v) is 12.3. The molecule has 0 bridgehead atoms. The maximum Gasteiger partial charge on any atom is 0.325 e. The molecule has 2 aliphatic rings. The highest BCUT2D eigenvalue weighted by Gasteiger charge is 2.54. The number of nitrogens with zero attached hydrogens (tertiary/aromatic N) is 1. The number of urea groups is 1. The first kappa shape index (κ1) is 23.1. The fourth-order valence-electron chi connectivity index (χ4n) is 4.15. The molecule has 1 spiro atoms. The number of imide groups is 1. The smallest absolute Gasteiger partial charge is 0.324 e. The average Bonchev–Trinajstić information content (AvgIpc) is 3.34. The van der Waals surface area contributed by atoms with Crippen LogP contribution in [-0.2, 0) is 19.6 Å². The highest BCUT2D eigenvalue weighted by molar-refractivity contribution is 7.92. The summed E-state index contributed by atoms with van der Waals surface area (Å²) >= 11 is 5.83. The molecule has 0 aromatic heterocycles. The molecule has 2 fully saturated rings. The van der Waals surface area contributed by atoms with Crippen LogP contribution in [0.2, 0.25) is 5.02 Å². The van der Waals surface area contributed by atoms with E-state index in [1.807, 2.05) is 0 Å².